The summed E-state index contributed by atoms with van der Waals surface area (Å²) in [5.74, 6) is 1.09. The number of carbonyl (C=O) groups is 1. The molecule has 1 saturated carbocycles. The monoisotopic (exact) mass is 620 g/mol. The van der Waals surface area contributed by atoms with Gasteiger partial charge in [-0.2, -0.15) is 0 Å². The number of sulfonamides is 1. The molecule has 1 amide bonds. The van der Waals surface area contributed by atoms with E-state index in [0.717, 1.165) is 67.5 Å². The summed E-state index contributed by atoms with van der Waals surface area (Å²) in [5, 5.41) is 3.88. The van der Waals surface area contributed by atoms with Gasteiger partial charge in [-0.3, -0.25) is 14.7 Å². The van der Waals surface area contributed by atoms with Crippen LogP contribution in [0.15, 0.2) is 56.9 Å². The number of amidine groups is 1. The Morgan fingerprint density at radius 1 is 1.07 bits per heavy atom. The topological polar surface area (TPSA) is 114 Å². The molecule has 9 nitrogen and oxygen atoms in total. The van der Waals surface area contributed by atoms with Crippen LogP contribution in [0.25, 0.3) is 11.1 Å². The molecular weight excluding hydrogens is 576 g/mol. The normalized spacial score (nSPS) is 16.6. The smallest absolute Gasteiger partial charge is 0.264 e. The number of nitrogens with one attached hydrogen (secondary N) is 1. The first-order valence-electron chi connectivity index (χ1n) is 15.5. The molecule has 1 fully saturated rings. The SMILES string of the molecule is CCCCC1=NC2(CCCC2)C(=O)N1Cc1ccc(-c2ccccc2S(=O)(=O)Nc2onc(C)c2C)c(COC(C)(C)C)c1. The lowest BCUT2D eigenvalue weighted by molar-refractivity contribution is -0.131. The highest BCUT2D eigenvalue weighted by molar-refractivity contribution is 7.92. The number of anilines is 1. The Hall–Kier alpha value is -3.50. The molecule has 3 aromatic rings. The molecule has 44 heavy (non-hydrogen) atoms. The van der Waals surface area contributed by atoms with Gasteiger partial charge in [0.15, 0.2) is 0 Å². The van der Waals surface area contributed by atoms with Crippen LogP contribution >= 0.6 is 0 Å². The van der Waals surface area contributed by atoms with Crippen molar-refractivity contribution >= 4 is 27.7 Å². The van der Waals surface area contributed by atoms with Crippen LogP contribution in [-0.4, -0.2) is 41.4 Å². The van der Waals surface area contributed by atoms with Crippen LogP contribution in [0.3, 0.4) is 0 Å². The number of unbranched alkanes of at least 4 members (excludes halogenated alkanes) is 1. The standard InChI is InChI=1S/C34H44N4O5S/c1-7-8-15-30-35-34(18-11-12-19-34)32(39)38(30)21-25-16-17-27(26(20-25)22-42-33(4,5)6)28-13-9-10-14-29(28)44(40,41)37-31-23(2)24(3)36-43-31/h9-10,13-14,16-17,20,37H,7-8,11-12,15,18-19,21-22H2,1-6H3. The maximum Gasteiger partial charge on any atom is 0.264 e. The van der Waals surface area contributed by atoms with E-state index in [1.807, 2.05) is 49.9 Å². The third-order valence-electron chi connectivity index (χ3n) is 8.50. The molecule has 1 spiro atoms. The fourth-order valence-corrected chi connectivity index (χ4v) is 7.18. The maximum absolute atomic E-state index is 13.8. The van der Waals surface area contributed by atoms with Crippen molar-refractivity contribution in [3.05, 3.63) is 64.8 Å². The summed E-state index contributed by atoms with van der Waals surface area (Å²) in [6.45, 7) is 12.3. The minimum atomic E-state index is -4.02. The number of ether oxygens (including phenoxy) is 1. The zero-order valence-corrected chi connectivity index (χ0v) is 27.5. The minimum absolute atomic E-state index is 0.0970. The average Bonchev–Trinajstić information content (AvgIpc) is 3.66. The number of aliphatic imine (C=N–C) groups is 1. The van der Waals surface area contributed by atoms with Crippen molar-refractivity contribution in [1.29, 1.82) is 0 Å². The summed E-state index contributed by atoms with van der Waals surface area (Å²) < 4.78 is 41.4. The summed E-state index contributed by atoms with van der Waals surface area (Å²) in [6.07, 6.45) is 6.48. The number of aromatic nitrogens is 1. The van der Waals surface area contributed by atoms with Crippen molar-refractivity contribution in [2.75, 3.05) is 4.72 Å². The van der Waals surface area contributed by atoms with E-state index in [0.29, 0.717) is 23.4 Å². The number of rotatable bonds is 11. The van der Waals surface area contributed by atoms with E-state index < -0.39 is 21.2 Å². The lowest BCUT2D eigenvalue weighted by atomic mass is 9.96. The van der Waals surface area contributed by atoms with Crippen molar-refractivity contribution < 1.29 is 22.5 Å². The van der Waals surface area contributed by atoms with Gasteiger partial charge in [-0.25, -0.2) is 13.1 Å². The molecule has 236 valence electrons. The molecule has 1 aliphatic heterocycles. The van der Waals surface area contributed by atoms with E-state index in [-0.39, 0.29) is 23.3 Å². The molecule has 2 aromatic carbocycles. The zero-order valence-electron chi connectivity index (χ0n) is 26.7. The number of carbonyl (C=O) groups excluding carboxylic acids is 1. The van der Waals surface area contributed by atoms with Gasteiger partial charge < -0.3 is 9.26 Å². The number of hydrogen-bond acceptors (Lipinski definition) is 7. The Morgan fingerprint density at radius 3 is 2.45 bits per heavy atom. The van der Waals surface area contributed by atoms with E-state index in [9.17, 15) is 13.2 Å². The summed E-state index contributed by atoms with van der Waals surface area (Å²) >= 11 is 0. The Labute approximate surface area is 261 Å². The highest BCUT2D eigenvalue weighted by atomic mass is 32.2. The molecule has 1 aromatic heterocycles. The first-order valence-corrected chi connectivity index (χ1v) is 17.0. The van der Waals surface area contributed by atoms with Crippen LogP contribution < -0.4 is 4.72 Å². The van der Waals surface area contributed by atoms with Crippen molar-refractivity contribution in [1.82, 2.24) is 10.1 Å². The summed E-state index contributed by atoms with van der Waals surface area (Å²) in [7, 11) is -4.02. The van der Waals surface area contributed by atoms with Crippen molar-refractivity contribution in [2.24, 2.45) is 4.99 Å². The second-order valence-corrected chi connectivity index (χ2v) is 14.6. The van der Waals surface area contributed by atoms with Gasteiger partial charge >= 0.3 is 0 Å². The molecule has 5 rings (SSSR count). The van der Waals surface area contributed by atoms with E-state index >= 15 is 0 Å². The molecule has 0 bridgehead atoms. The molecule has 10 heteroatoms. The highest BCUT2D eigenvalue weighted by Crippen LogP contribution is 2.40. The van der Waals surface area contributed by atoms with Crippen LogP contribution in [0.1, 0.15) is 95.0 Å². The molecule has 0 unspecified atom stereocenters. The predicted molar refractivity (Wildman–Crippen MR) is 172 cm³/mol. The van der Waals surface area contributed by atoms with Crippen molar-refractivity contribution in [3.63, 3.8) is 0 Å². The average molecular weight is 621 g/mol. The van der Waals surface area contributed by atoms with Crippen LogP contribution in [-0.2, 0) is 32.7 Å². The van der Waals surface area contributed by atoms with Crippen molar-refractivity contribution in [3.8, 4) is 11.1 Å². The third kappa shape index (κ3) is 6.61. The molecule has 2 heterocycles. The van der Waals surface area contributed by atoms with Gasteiger partial charge in [-0.15, -0.1) is 0 Å². The van der Waals surface area contributed by atoms with Gasteiger partial charge in [0.2, 0.25) is 5.88 Å². The summed E-state index contributed by atoms with van der Waals surface area (Å²) in [5.41, 5.74) is 3.30. The lowest BCUT2D eigenvalue weighted by Crippen LogP contribution is -2.40. The minimum Gasteiger partial charge on any atom is -0.371 e. The first kappa shape index (κ1) is 31.9. The van der Waals surface area contributed by atoms with Gasteiger partial charge in [0.25, 0.3) is 15.9 Å². The molecule has 0 saturated heterocycles. The van der Waals surface area contributed by atoms with Gasteiger partial charge in [0.1, 0.15) is 11.4 Å². The number of hydrogen-bond donors (Lipinski definition) is 1. The second-order valence-electron chi connectivity index (χ2n) is 13.0. The van der Waals surface area contributed by atoms with Gasteiger partial charge in [-0.05, 0) is 76.6 Å². The van der Waals surface area contributed by atoms with Crippen molar-refractivity contribution in [2.45, 2.75) is 116 Å². The number of aryl methyl sites for hydroxylation is 1. The lowest BCUT2D eigenvalue weighted by Gasteiger charge is -2.24. The maximum atomic E-state index is 13.8. The highest BCUT2D eigenvalue weighted by Gasteiger charge is 2.49. The largest absolute Gasteiger partial charge is 0.371 e. The van der Waals surface area contributed by atoms with Crippen LogP contribution in [0.4, 0.5) is 5.88 Å². The molecule has 1 N–H and O–H groups in total. The summed E-state index contributed by atoms with van der Waals surface area (Å²) in [4.78, 5) is 20.8. The zero-order chi connectivity index (χ0) is 31.7. The summed E-state index contributed by atoms with van der Waals surface area (Å²) in [6, 6.07) is 12.8. The van der Waals surface area contributed by atoms with E-state index in [2.05, 4.69) is 16.8 Å². The Morgan fingerprint density at radius 2 is 1.80 bits per heavy atom. The third-order valence-corrected chi connectivity index (χ3v) is 9.89. The Balaban J connectivity index is 1.51. The Kier molecular flexibility index (Phi) is 9.05. The van der Waals surface area contributed by atoms with Gasteiger partial charge in [-0.1, -0.05) is 67.7 Å². The number of nitrogens with zero attached hydrogens (tertiary/aromatic N) is 3. The van der Waals surface area contributed by atoms with E-state index in [1.165, 1.54) is 0 Å². The van der Waals surface area contributed by atoms with Crippen LogP contribution in [0, 0.1) is 13.8 Å². The molecule has 0 atom stereocenters. The van der Waals surface area contributed by atoms with Crippen LogP contribution in [0.2, 0.25) is 0 Å². The fraction of sp³-hybridized carbons (Fsp3) is 0.500. The number of benzene rings is 2. The predicted octanol–water partition coefficient (Wildman–Crippen LogP) is 7.32. The second kappa shape index (κ2) is 12.5. The molecule has 1 aliphatic carbocycles. The number of amides is 1. The van der Waals surface area contributed by atoms with E-state index in [1.54, 1.807) is 32.0 Å². The molecular formula is C34H44N4O5S. The molecule has 0 radical (unpaired) electrons. The first-order chi connectivity index (χ1) is 20.8. The quantitative estimate of drug-likeness (QED) is 0.240. The Bertz CT molecular complexity index is 1660. The van der Waals surface area contributed by atoms with Gasteiger partial charge in [0.05, 0.1) is 29.3 Å². The fourth-order valence-electron chi connectivity index (χ4n) is 5.91. The molecule has 2 aliphatic rings. The van der Waals surface area contributed by atoms with Crippen LogP contribution in [0.5, 0.6) is 0 Å². The van der Waals surface area contributed by atoms with Gasteiger partial charge in [0, 0.05) is 17.5 Å². The van der Waals surface area contributed by atoms with E-state index in [4.69, 9.17) is 14.3 Å².